The summed E-state index contributed by atoms with van der Waals surface area (Å²) in [5.41, 5.74) is 3.45. The molecule has 2 aromatic carbocycles. The first-order valence-corrected chi connectivity index (χ1v) is 6.50. The number of benzene rings is 2. The fourth-order valence-corrected chi connectivity index (χ4v) is 2.52. The number of para-hydroxylation sites is 2. The van der Waals surface area contributed by atoms with Crippen LogP contribution in [0, 0.1) is 0 Å². The third-order valence-electron chi connectivity index (χ3n) is 3.49. The predicted molar refractivity (Wildman–Crippen MR) is 78.5 cm³/mol. The molecule has 0 fully saturated rings. The van der Waals surface area contributed by atoms with Crippen molar-refractivity contribution in [1.29, 1.82) is 0 Å². The molecule has 4 aromatic rings. The number of oxazole rings is 1. The van der Waals surface area contributed by atoms with Crippen LogP contribution in [0.4, 0.5) is 0 Å². The number of H-pyrrole nitrogens is 2. The molecule has 0 atom stereocenters. The Balaban J connectivity index is 1.84. The van der Waals surface area contributed by atoms with Gasteiger partial charge in [-0.05, 0) is 29.8 Å². The molecule has 0 amide bonds. The summed E-state index contributed by atoms with van der Waals surface area (Å²) in [6.45, 7) is 0.388. The molecule has 0 saturated carbocycles. The van der Waals surface area contributed by atoms with Gasteiger partial charge >= 0.3 is 11.4 Å². The minimum absolute atomic E-state index is 0.243. The van der Waals surface area contributed by atoms with Gasteiger partial charge in [-0.3, -0.25) is 4.57 Å². The lowest BCUT2D eigenvalue weighted by Gasteiger charge is -2.02. The highest BCUT2D eigenvalue weighted by Crippen LogP contribution is 2.15. The van der Waals surface area contributed by atoms with Gasteiger partial charge in [0.15, 0.2) is 5.58 Å². The van der Waals surface area contributed by atoms with Gasteiger partial charge in [-0.2, -0.15) is 0 Å². The largest absolute Gasteiger partial charge is 0.420 e. The molecule has 0 aliphatic rings. The lowest BCUT2D eigenvalue weighted by Crippen LogP contribution is -2.14. The minimum atomic E-state index is -0.390. The van der Waals surface area contributed by atoms with Crippen LogP contribution in [0.25, 0.3) is 22.1 Å². The average molecular weight is 281 g/mol. The van der Waals surface area contributed by atoms with Gasteiger partial charge in [0.05, 0.1) is 23.1 Å². The van der Waals surface area contributed by atoms with Crippen molar-refractivity contribution in [3.63, 3.8) is 0 Å². The molecule has 2 aromatic heterocycles. The molecule has 0 aliphatic carbocycles. The zero-order chi connectivity index (χ0) is 14.4. The smallest absolute Gasteiger partial charge is 0.408 e. The van der Waals surface area contributed by atoms with Crippen LogP contribution in [0.2, 0.25) is 0 Å². The Kier molecular flexibility index (Phi) is 2.38. The highest BCUT2D eigenvalue weighted by molar-refractivity contribution is 5.75. The topological polar surface area (TPSA) is 83.8 Å². The van der Waals surface area contributed by atoms with E-state index in [9.17, 15) is 9.59 Å². The molecule has 104 valence electrons. The van der Waals surface area contributed by atoms with Gasteiger partial charge in [0.25, 0.3) is 0 Å². The first-order valence-electron chi connectivity index (χ1n) is 6.50. The molecule has 0 bridgehead atoms. The van der Waals surface area contributed by atoms with Crippen LogP contribution in [-0.4, -0.2) is 14.5 Å². The predicted octanol–water partition coefficient (Wildman–Crippen LogP) is 1.81. The van der Waals surface area contributed by atoms with Gasteiger partial charge in [-0.15, -0.1) is 0 Å². The van der Waals surface area contributed by atoms with Gasteiger partial charge in [-0.1, -0.05) is 18.2 Å². The van der Waals surface area contributed by atoms with Crippen LogP contribution >= 0.6 is 0 Å². The summed E-state index contributed by atoms with van der Waals surface area (Å²) < 4.78 is 6.78. The number of rotatable bonds is 2. The molecule has 2 heterocycles. The second-order valence-electron chi connectivity index (χ2n) is 4.88. The normalized spacial score (nSPS) is 11.4. The zero-order valence-electron chi connectivity index (χ0n) is 10.9. The molecule has 0 radical (unpaired) electrons. The van der Waals surface area contributed by atoms with Gasteiger partial charge in [0.2, 0.25) is 0 Å². The van der Waals surface area contributed by atoms with Crippen LogP contribution in [0.1, 0.15) is 5.56 Å². The van der Waals surface area contributed by atoms with E-state index in [1.165, 1.54) is 0 Å². The number of imidazole rings is 1. The van der Waals surface area contributed by atoms with E-state index >= 15 is 0 Å². The van der Waals surface area contributed by atoms with Crippen LogP contribution in [0.3, 0.4) is 0 Å². The van der Waals surface area contributed by atoms with E-state index in [-0.39, 0.29) is 11.4 Å². The van der Waals surface area contributed by atoms with Gasteiger partial charge in [0, 0.05) is 0 Å². The van der Waals surface area contributed by atoms with Crippen molar-refractivity contribution in [3.8, 4) is 0 Å². The number of hydrogen-bond acceptors (Lipinski definition) is 3. The molecule has 6 nitrogen and oxygen atoms in total. The average Bonchev–Trinajstić information content (AvgIpc) is 2.98. The Morgan fingerprint density at radius 3 is 2.71 bits per heavy atom. The molecule has 0 spiro atoms. The monoisotopic (exact) mass is 281 g/mol. The standard InChI is InChI=1S/C15H11N3O3/c19-14-16-10-6-5-9(7-11(10)17-14)8-18-12-3-1-2-4-13(12)21-15(18)20/h1-7H,8H2,(H2,16,17,19). The number of hydrogen-bond donors (Lipinski definition) is 2. The molecule has 6 heteroatoms. The van der Waals surface area contributed by atoms with Crippen molar-refractivity contribution in [2.24, 2.45) is 0 Å². The maximum Gasteiger partial charge on any atom is 0.420 e. The second-order valence-corrected chi connectivity index (χ2v) is 4.88. The van der Waals surface area contributed by atoms with Crippen molar-refractivity contribution < 1.29 is 4.42 Å². The van der Waals surface area contributed by atoms with E-state index in [4.69, 9.17) is 4.42 Å². The molecular formula is C15H11N3O3. The molecular weight excluding hydrogens is 270 g/mol. The number of nitrogens with one attached hydrogen (secondary N) is 2. The lowest BCUT2D eigenvalue weighted by molar-refractivity contribution is 0.518. The fourth-order valence-electron chi connectivity index (χ4n) is 2.52. The first-order chi connectivity index (χ1) is 10.2. The van der Waals surface area contributed by atoms with E-state index in [1.54, 1.807) is 10.6 Å². The van der Waals surface area contributed by atoms with Gasteiger partial charge < -0.3 is 14.4 Å². The lowest BCUT2D eigenvalue weighted by atomic mass is 10.2. The zero-order valence-corrected chi connectivity index (χ0v) is 10.9. The van der Waals surface area contributed by atoms with E-state index < -0.39 is 0 Å². The van der Waals surface area contributed by atoms with Crippen molar-refractivity contribution in [2.75, 3.05) is 0 Å². The Labute approximate surface area is 117 Å². The maximum atomic E-state index is 11.9. The van der Waals surface area contributed by atoms with Crippen LogP contribution in [0.15, 0.2) is 56.5 Å². The summed E-state index contributed by atoms with van der Waals surface area (Å²) in [6.07, 6.45) is 0. The summed E-state index contributed by atoms with van der Waals surface area (Å²) in [5.74, 6) is -0.390. The molecule has 0 aliphatic heterocycles. The summed E-state index contributed by atoms with van der Waals surface area (Å²) in [6, 6.07) is 12.8. The fraction of sp³-hybridized carbons (Fsp3) is 0.0667. The van der Waals surface area contributed by atoms with Crippen LogP contribution in [0.5, 0.6) is 0 Å². The third kappa shape index (κ3) is 1.88. The minimum Gasteiger partial charge on any atom is -0.408 e. The Hall–Kier alpha value is -3.02. The van der Waals surface area contributed by atoms with E-state index in [1.807, 2.05) is 36.4 Å². The molecule has 0 unspecified atom stereocenters. The third-order valence-corrected chi connectivity index (χ3v) is 3.49. The summed E-state index contributed by atoms with van der Waals surface area (Å²) >= 11 is 0. The maximum absolute atomic E-state index is 11.9. The van der Waals surface area contributed by atoms with Crippen LogP contribution in [-0.2, 0) is 6.54 Å². The van der Waals surface area contributed by atoms with E-state index in [2.05, 4.69) is 9.97 Å². The quantitative estimate of drug-likeness (QED) is 0.587. The molecule has 4 rings (SSSR count). The van der Waals surface area contributed by atoms with Gasteiger partial charge in [0.1, 0.15) is 0 Å². The first kappa shape index (κ1) is 11.8. The molecule has 0 saturated heterocycles. The number of nitrogens with zero attached hydrogens (tertiary/aromatic N) is 1. The SMILES string of the molecule is O=c1[nH]c2ccc(Cn3c(=O)oc4ccccc43)cc2[nH]1. The molecule has 2 N–H and O–H groups in total. The second kappa shape index (κ2) is 4.24. The Morgan fingerprint density at radius 1 is 1.00 bits per heavy atom. The summed E-state index contributed by atoms with van der Waals surface area (Å²) in [4.78, 5) is 28.6. The van der Waals surface area contributed by atoms with Gasteiger partial charge in [-0.25, -0.2) is 9.59 Å². The summed E-state index contributed by atoms with van der Waals surface area (Å²) in [7, 11) is 0. The van der Waals surface area contributed by atoms with Crippen molar-refractivity contribution >= 4 is 22.1 Å². The number of aromatic amines is 2. The van der Waals surface area contributed by atoms with Crippen LogP contribution < -0.4 is 11.4 Å². The van der Waals surface area contributed by atoms with E-state index in [0.29, 0.717) is 12.1 Å². The van der Waals surface area contributed by atoms with Crippen molar-refractivity contribution in [2.45, 2.75) is 6.54 Å². The Bertz CT molecular complexity index is 1060. The number of fused-ring (bicyclic) bond motifs is 2. The number of aromatic nitrogens is 3. The molecule has 21 heavy (non-hydrogen) atoms. The van der Waals surface area contributed by atoms with Crippen molar-refractivity contribution in [3.05, 3.63) is 69.1 Å². The summed E-state index contributed by atoms with van der Waals surface area (Å²) in [5, 5.41) is 0. The van der Waals surface area contributed by atoms with Crippen molar-refractivity contribution in [1.82, 2.24) is 14.5 Å². The highest BCUT2D eigenvalue weighted by Gasteiger charge is 2.09. The Morgan fingerprint density at radius 2 is 1.81 bits per heavy atom. The highest BCUT2D eigenvalue weighted by atomic mass is 16.4. The van der Waals surface area contributed by atoms with E-state index in [0.717, 1.165) is 22.1 Å².